The van der Waals surface area contributed by atoms with E-state index in [1.807, 2.05) is 18.2 Å². The van der Waals surface area contributed by atoms with Crippen LogP contribution in [0.3, 0.4) is 0 Å². The van der Waals surface area contributed by atoms with Crippen LogP contribution in [0.15, 0.2) is 36.4 Å². The molecule has 8 heteroatoms. The minimum Gasteiger partial charge on any atom is -0.493 e. The van der Waals surface area contributed by atoms with E-state index >= 15 is 0 Å². The van der Waals surface area contributed by atoms with Gasteiger partial charge in [-0.2, -0.15) is 0 Å². The van der Waals surface area contributed by atoms with Gasteiger partial charge in [0.25, 0.3) is 0 Å². The number of ether oxygens (including phenoxy) is 3. The maximum Gasteiger partial charge on any atom is 0.407 e. The fourth-order valence-corrected chi connectivity index (χ4v) is 6.12. The van der Waals surface area contributed by atoms with E-state index in [-0.39, 0.29) is 18.2 Å². The molecule has 2 aromatic rings. The third-order valence-corrected chi connectivity index (χ3v) is 8.14. The number of amides is 1. The summed E-state index contributed by atoms with van der Waals surface area (Å²) in [5.74, 6) is 1.30. The average molecular weight is 498 g/mol. The zero-order valence-corrected chi connectivity index (χ0v) is 20.6. The highest BCUT2D eigenvalue weighted by atomic mass is 35.5. The molecule has 0 aromatic heterocycles. The van der Waals surface area contributed by atoms with Gasteiger partial charge in [0.05, 0.1) is 36.6 Å². The van der Waals surface area contributed by atoms with Crippen LogP contribution in [0.1, 0.15) is 30.9 Å². The van der Waals surface area contributed by atoms with Gasteiger partial charge < -0.3 is 24.4 Å². The lowest BCUT2D eigenvalue weighted by Crippen LogP contribution is -2.52. The van der Waals surface area contributed by atoms with Gasteiger partial charge in [-0.3, -0.25) is 4.90 Å². The molecule has 1 unspecified atom stereocenters. The highest BCUT2D eigenvalue weighted by Crippen LogP contribution is 2.38. The Bertz CT molecular complexity index is 1080. The first-order valence-electron chi connectivity index (χ1n) is 12.7. The number of fused-ring (bicyclic) bond motifs is 4. The number of hydrogen-bond donors (Lipinski definition) is 1. The number of carbonyl (C=O) groups excluding carboxylic acids is 1. The molecule has 1 N–H and O–H groups in total. The number of benzene rings is 2. The van der Waals surface area contributed by atoms with Crippen molar-refractivity contribution < 1.29 is 19.0 Å². The van der Waals surface area contributed by atoms with Gasteiger partial charge in [-0.1, -0.05) is 29.8 Å². The van der Waals surface area contributed by atoms with Crippen molar-refractivity contribution in [3.05, 3.63) is 47.0 Å². The van der Waals surface area contributed by atoms with Crippen molar-refractivity contribution in [3.63, 3.8) is 0 Å². The zero-order chi connectivity index (χ0) is 23.8. The maximum absolute atomic E-state index is 12.7. The van der Waals surface area contributed by atoms with Crippen LogP contribution in [0.4, 0.5) is 10.5 Å². The molecule has 0 spiro atoms. The Morgan fingerprint density at radius 1 is 0.971 bits per heavy atom. The van der Waals surface area contributed by atoms with E-state index in [0.29, 0.717) is 12.5 Å². The molecule has 0 saturated carbocycles. The van der Waals surface area contributed by atoms with Crippen molar-refractivity contribution in [1.29, 1.82) is 0 Å². The molecule has 7 nitrogen and oxygen atoms in total. The molecule has 186 valence electrons. The minimum absolute atomic E-state index is 0.00405. The quantitative estimate of drug-likeness (QED) is 0.671. The molecule has 5 aliphatic rings. The van der Waals surface area contributed by atoms with E-state index in [1.165, 1.54) is 0 Å². The second kappa shape index (κ2) is 9.88. The van der Waals surface area contributed by atoms with Gasteiger partial charge >= 0.3 is 6.09 Å². The monoisotopic (exact) mass is 497 g/mol. The van der Waals surface area contributed by atoms with Crippen LogP contribution in [0.5, 0.6) is 5.75 Å². The highest BCUT2D eigenvalue weighted by Gasteiger charge is 2.37. The van der Waals surface area contributed by atoms with E-state index in [9.17, 15) is 4.79 Å². The summed E-state index contributed by atoms with van der Waals surface area (Å²) in [4.78, 5) is 17.4. The lowest BCUT2D eigenvalue weighted by Gasteiger charge is -2.44. The van der Waals surface area contributed by atoms with Gasteiger partial charge in [0.15, 0.2) is 0 Å². The second-order valence-electron chi connectivity index (χ2n) is 9.93. The molecule has 4 saturated heterocycles. The number of hydrogen-bond acceptors (Lipinski definition) is 6. The molecular weight excluding hydrogens is 466 g/mol. The molecule has 5 heterocycles. The van der Waals surface area contributed by atoms with Gasteiger partial charge in [-0.15, -0.1) is 0 Å². The number of halogens is 1. The average Bonchev–Trinajstić information content (AvgIpc) is 2.89. The van der Waals surface area contributed by atoms with Crippen molar-refractivity contribution >= 4 is 23.4 Å². The molecule has 0 aliphatic carbocycles. The van der Waals surface area contributed by atoms with Crippen molar-refractivity contribution in [2.45, 2.75) is 31.4 Å². The van der Waals surface area contributed by atoms with Crippen LogP contribution in [-0.2, 0) is 9.47 Å². The van der Waals surface area contributed by atoms with Gasteiger partial charge in [0.2, 0.25) is 0 Å². The lowest BCUT2D eigenvalue weighted by molar-refractivity contribution is -0.0342. The van der Waals surface area contributed by atoms with Crippen LogP contribution in [-0.4, -0.2) is 69.6 Å². The summed E-state index contributed by atoms with van der Waals surface area (Å²) in [5, 5.41) is 3.83. The minimum atomic E-state index is -0.323. The maximum atomic E-state index is 12.7. The third kappa shape index (κ3) is 4.82. The fraction of sp³-hybridized carbons (Fsp3) is 0.519. The van der Waals surface area contributed by atoms with Crippen LogP contribution in [0.25, 0.3) is 11.1 Å². The van der Waals surface area contributed by atoms with Crippen LogP contribution in [0.2, 0.25) is 5.02 Å². The molecule has 35 heavy (non-hydrogen) atoms. The highest BCUT2D eigenvalue weighted by molar-refractivity contribution is 6.33. The predicted octanol–water partition coefficient (Wildman–Crippen LogP) is 4.49. The van der Waals surface area contributed by atoms with E-state index in [1.54, 1.807) is 0 Å². The number of carbonyl (C=O) groups is 1. The van der Waals surface area contributed by atoms with E-state index < -0.39 is 0 Å². The summed E-state index contributed by atoms with van der Waals surface area (Å²) >= 11 is 6.66. The van der Waals surface area contributed by atoms with Gasteiger partial charge in [-0.25, -0.2) is 4.79 Å². The Hall–Kier alpha value is -2.48. The number of morpholine rings is 1. The summed E-state index contributed by atoms with van der Waals surface area (Å²) in [6.07, 6.45) is 2.65. The number of anilines is 1. The van der Waals surface area contributed by atoms with Crippen molar-refractivity contribution in [2.24, 2.45) is 5.92 Å². The smallest absolute Gasteiger partial charge is 0.407 e. The van der Waals surface area contributed by atoms with Crippen LogP contribution >= 0.6 is 11.6 Å². The SMILES string of the molecule is O=C(NC1CCOc2cc(-c3ccc(N4CCOCC4)c(Cl)c3)ccc21)O[C@@H]1CN2CCC1CC2. The molecular formula is C27H32ClN3O4. The summed E-state index contributed by atoms with van der Waals surface area (Å²) in [6, 6.07) is 12.2. The largest absolute Gasteiger partial charge is 0.493 e. The predicted molar refractivity (Wildman–Crippen MR) is 135 cm³/mol. The summed E-state index contributed by atoms with van der Waals surface area (Å²) in [6.45, 7) is 6.82. The normalized spacial score (nSPS) is 27.6. The number of alkyl carbamates (subject to hydrolysis) is 1. The van der Waals surface area contributed by atoms with Crippen LogP contribution < -0.4 is 15.0 Å². The Kier molecular flexibility index (Phi) is 6.48. The van der Waals surface area contributed by atoms with Crippen molar-refractivity contribution in [3.8, 4) is 16.9 Å². The topological polar surface area (TPSA) is 63.3 Å². The number of nitrogens with zero attached hydrogens (tertiary/aromatic N) is 2. The number of piperidine rings is 3. The first-order valence-corrected chi connectivity index (χ1v) is 13.1. The molecule has 2 bridgehead atoms. The first-order chi connectivity index (χ1) is 17.1. The van der Waals surface area contributed by atoms with Gasteiger partial charge in [0.1, 0.15) is 11.9 Å². The molecule has 5 aliphatic heterocycles. The molecule has 2 atom stereocenters. The number of rotatable bonds is 4. The molecule has 0 radical (unpaired) electrons. The van der Waals surface area contributed by atoms with E-state index in [0.717, 1.165) is 98.3 Å². The van der Waals surface area contributed by atoms with Gasteiger partial charge in [-0.05, 0) is 61.2 Å². The van der Waals surface area contributed by atoms with E-state index in [4.69, 9.17) is 25.8 Å². The molecule has 1 amide bonds. The molecule has 4 fully saturated rings. The van der Waals surface area contributed by atoms with Crippen molar-refractivity contribution in [2.75, 3.05) is 57.4 Å². The summed E-state index contributed by atoms with van der Waals surface area (Å²) in [5.41, 5.74) is 4.10. The van der Waals surface area contributed by atoms with E-state index in [2.05, 4.69) is 33.3 Å². The standard InChI is InChI=1S/C27H32ClN3O4/c28-22-15-19(2-4-24(22)31-10-13-33-14-11-31)20-1-3-21-23(7-12-34-25(21)16-20)29-27(32)35-26-17-30-8-5-18(26)6-9-30/h1-4,15-16,18,23,26H,5-14,17H2,(H,29,32)/t23?,26-/m1/s1. The van der Waals surface area contributed by atoms with Crippen molar-refractivity contribution in [1.82, 2.24) is 10.2 Å². The van der Waals surface area contributed by atoms with Crippen LogP contribution in [0, 0.1) is 5.92 Å². The summed E-state index contributed by atoms with van der Waals surface area (Å²) in [7, 11) is 0. The Morgan fingerprint density at radius 2 is 1.74 bits per heavy atom. The third-order valence-electron chi connectivity index (χ3n) is 7.83. The molecule has 7 rings (SSSR count). The molecule has 2 aromatic carbocycles. The Balaban J connectivity index is 1.14. The summed E-state index contributed by atoms with van der Waals surface area (Å²) < 4.78 is 17.3. The van der Waals surface area contributed by atoms with Gasteiger partial charge in [0, 0.05) is 31.6 Å². The Morgan fingerprint density at radius 3 is 2.49 bits per heavy atom. The lowest BCUT2D eigenvalue weighted by atomic mass is 9.86. The fourth-order valence-electron chi connectivity index (χ4n) is 5.82. The first kappa shape index (κ1) is 23.0. The zero-order valence-electron chi connectivity index (χ0n) is 19.9. The second-order valence-corrected chi connectivity index (χ2v) is 10.3. The number of nitrogens with one attached hydrogen (secondary N) is 1. The Labute approximate surface area is 211 Å².